The zero-order chi connectivity index (χ0) is 28.5. The fourth-order valence-electron chi connectivity index (χ4n) is 4.70. The van der Waals surface area contributed by atoms with Gasteiger partial charge >= 0.3 is 12.4 Å². The van der Waals surface area contributed by atoms with Crippen molar-refractivity contribution >= 4 is 22.4 Å². The monoisotopic (exact) mass is 560 g/mol. The summed E-state index contributed by atoms with van der Waals surface area (Å²) in [5, 5.41) is 3.58. The van der Waals surface area contributed by atoms with Crippen LogP contribution >= 0.6 is 0 Å². The Labute approximate surface area is 226 Å². The van der Waals surface area contributed by atoms with Crippen molar-refractivity contribution in [2.45, 2.75) is 25.8 Å². The van der Waals surface area contributed by atoms with Gasteiger partial charge in [0.15, 0.2) is 0 Å². The second kappa shape index (κ2) is 11.0. The third-order valence-electron chi connectivity index (χ3n) is 6.88. The average molecular weight is 561 g/mol. The lowest BCUT2D eigenvalue weighted by molar-refractivity contribution is -0.138. The van der Waals surface area contributed by atoms with E-state index >= 15 is 0 Å². The third kappa shape index (κ3) is 6.18. The highest BCUT2D eigenvalue weighted by Crippen LogP contribution is 2.37. The van der Waals surface area contributed by atoms with Crippen molar-refractivity contribution < 1.29 is 26.3 Å². The van der Waals surface area contributed by atoms with Crippen LogP contribution in [0.4, 0.5) is 37.8 Å². The van der Waals surface area contributed by atoms with Gasteiger partial charge in [-0.1, -0.05) is 13.0 Å². The summed E-state index contributed by atoms with van der Waals surface area (Å²) < 4.78 is 80.1. The molecule has 1 aliphatic rings. The largest absolute Gasteiger partial charge is 0.418 e. The molecule has 4 aromatic rings. The molecule has 2 aromatic heterocycles. The normalized spacial score (nSPS) is 15.5. The zero-order valence-electron chi connectivity index (χ0n) is 21.5. The highest BCUT2D eigenvalue weighted by Gasteiger charge is 2.34. The Kier molecular flexibility index (Phi) is 7.65. The molecular formula is C28H26F6N6. The Morgan fingerprint density at radius 3 is 2.17 bits per heavy atom. The van der Waals surface area contributed by atoms with Gasteiger partial charge < -0.3 is 10.2 Å². The summed E-state index contributed by atoms with van der Waals surface area (Å²) in [6.07, 6.45) is -7.76. The summed E-state index contributed by atoms with van der Waals surface area (Å²) in [7, 11) is 0. The summed E-state index contributed by atoms with van der Waals surface area (Å²) in [6.45, 7) is 6.87. The lowest BCUT2D eigenvalue weighted by Crippen LogP contribution is -2.45. The van der Waals surface area contributed by atoms with Crippen molar-refractivity contribution in [2.75, 3.05) is 38.0 Å². The Balaban J connectivity index is 1.54. The SMILES string of the molecule is CCN1CCN(Cc2nc(Nc3ccc(C(F)(F)F)cc3)c3ccc(-c4ncccc4C(F)(F)F)cc3n2)CC1. The topological polar surface area (TPSA) is 57.2 Å². The Morgan fingerprint density at radius 1 is 0.825 bits per heavy atom. The van der Waals surface area contributed by atoms with Crippen LogP contribution in [0.2, 0.25) is 0 Å². The number of aromatic nitrogens is 3. The smallest absolute Gasteiger partial charge is 0.340 e. The Hall–Kier alpha value is -3.77. The van der Waals surface area contributed by atoms with Crippen LogP contribution in [0.1, 0.15) is 23.9 Å². The molecule has 12 heteroatoms. The fraction of sp³-hybridized carbons (Fsp3) is 0.321. The van der Waals surface area contributed by atoms with E-state index in [1.807, 2.05) is 0 Å². The molecule has 1 aliphatic heterocycles. The number of pyridine rings is 1. The second-order valence-corrected chi connectivity index (χ2v) is 9.53. The van der Waals surface area contributed by atoms with Gasteiger partial charge in [0.2, 0.25) is 0 Å². The van der Waals surface area contributed by atoms with Crippen molar-refractivity contribution in [1.29, 1.82) is 0 Å². The van der Waals surface area contributed by atoms with Gasteiger partial charge in [-0.3, -0.25) is 9.88 Å². The summed E-state index contributed by atoms with van der Waals surface area (Å²) >= 11 is 0. The van der Waals surface area contributed by atoms with Crippen LogP contribution in [0.3, 0.4) is 0 Å². The van der Waals surface area contributed by atoms with Crippen LogP contribution in [0.5, 0.6) is 0 Å². The molecule has 5 rings (SSSR count). The maximum atomic E-state index is 13.7. The molecule has 0 unspecified atom stereocenters. The van der Waals surface area contributed by atoms with E-state index in [4.69, 9.17) is 0 Å². The van der Waals surface area contributed by atoms with Crippen LogP contribution in [-0.4, -0.2) is 57.5 Å². The van der Waals surface area contributed by atoms with E-state index in [0.29, 0.717) is 34.8 Å². The maximum absolute atomic E-state index is 13.7. The molecule has 2 aromatic carbocycles. The van der Waals surface area contributed by atoms with Crippen LogP contribution in [0.15, 0.2) is 60.8 Å². The first kappa shape index (κ1) is 27.8. The molecule has 0 amide bonds. The van der Waals surface area contributed by atoms with Gasteiger partial charge in [0, 0.05) is 49.0 Å². The fourth-order valence-corrected chi connectivity index (χ4v) is 4.70. The third-order valence-corrected chi connectivity index (χ3v) is 6.88. The number of likely N-dealkylation sites (N-methyl/N-ethyl adjacent to an activating group) is 1. The number of nitrogens with zero attached hydrogens (tertiary/aromatic N) is 5. The van der Waals surface area contributed by atoms with Gasteiger partial charge in [0.05, 0.1) is 28.9 Å². The van der Waals surface area contributed by atoms with Crippen LogP contribution in [0.25, 0.3) is 22.2 Å². The lowest BCUT2D eigenvalue weighted by atomic mass is 10.0. The van der Waals surface area contributed by atoms with E-state index in [1.165, 1.54) is 36.5 Å². The van der Waals surface area contributed by atoms with Crippen LogP contribution in [-0.2, 0) is 18.9 Å². The van der Waals surface area contributed by atoms with Gasteiger partial charge in [-0.05, 0) is 55.1 Å². The molecule has 0 aliphatic carbocycles. The molecule has 0 atom stereocenters. The molecule has 1 fully saturated rings. The first-order valence-electron chi connectivity index (χ1n) is 12.7. The zero-order valence-corrected chi connectivity index (χ0v) is 21.5. The number of fused-ring (bicyclic) bond motifs is 1. The Bertz CT molecular complexity index is 1480. The van der Waals surface area contributed by atoms with Crippen molar-refractivity contribution in [3.05, 3.63) is 77.7 Å². The summed E-state index contributed by atoms with van der Waals surface area (Å²) in [5.74, 6) is 0.789. The minimum absolute atomic E-state index is 0.218. The molecule has 0 saturated carbocycles. The van der Waals surface area contributed by atoms with Crippen LogP contribution in [0, 0.1) is 0 Å². The molecule has 0 spiro atoms. The number of nitrogens with one attached hydrogen (secondary N) is 1. The molecule has 40 heavy (non-hydrogen) atoms. The number of alkyl halides is 6. The van der Waals surface area contributed by atoms with Gasteiger partial charge in [-0.2, -0.15) is 26.3 Å². The summed E-state index contributed by atoms with van der Waals surface area (Å²) in [5.41, 5.74) is -0.850. The maximum Gasteiger partial charge on any atom is 0.418 e. The first-order chi connectivity index (χ1) is 19.0. The number of anilines is 2. The number of hydrogen-bond acceptors (Lipinski definition) is 6. The predicted octanol–water partition coefficient (Wildman–Crippen LogP) is 6.61. The highest BCUT2D eigenvalue weighted by molar-refractivity contribution is 5.93. The average Bonchev–Trinajstić information content (AvgIpc) is 2.92. The minimum Gasteiger partial charge on any atom is -0.340 e. The van der Waals surface area contributed by atoms with E-state index in [2.05, 4.69) is 37.0 Å². The van der Waals surface area contributed by atoms with E-state index in [0.717, 1.165) is 50.9 Å². The highest BCUT2D eigenvalue weighted by atomic mass is 19.4. The molecule has 1 saturated heterocycles. The first-order valence-corrected chi connectivity index (χ1v) is 12.7. The van der Waals surface area contributed by atoms with Crippen molar-refractivity contribution in [3.63, 3.8) is 0 Å². The number of rotatable bonds is 6. The molecule has 0 bridgehead atoms. The number of piperazine rings is 1. The number of hydrogen-bond donors (Lipinski definition) is 1. The van der Waals surface area contributed by atoms with Crippen LogP contribution < -0.4 is 5.32 Å². The quantitative estimate of drug-likeness (QED) is 0.268. The van der Waals surface area contributed by atoms with E-state index in [-0.39, 0.29) is 11.3 Å². The summed E-state index contributed by atoms with van der Waals surface area (Å²) in [6, 6.07) is 11.4. The van der Waals surface area contributed by atoms with E-state index < -0.39 is 23.5 Å². The standard InChI is InChI=1S/C28H26F6N6/c1-2-39-12-14-40(15-13-39)17-24-37-23-16-18(25-22(28(32,33)34)4-3-11-35-25)5-10-21(23)26(38-24)36-20-8-6-19(7-9-20)27(29,30)31/h3-11,16H,2,12-15,17H2,1H3,(H,36,37,38). The molecular weight excluding hydrogens is 534 g/mol. The lowest BCUT2D eigenvalue weighted by Gasteiger charge is -2.33. The minimum atomic E-state index is -4.59. The summed E-state index contributed by atoms with van der Waals surface area (Å²) in [4.78, 5) is 17.8. The van der Waals surface area contributed by atoms with Crippen molar-refractivity contribution in [1.82, 2.24) is 24.8 Å². The van der Waals surface area contributed by atoms with Gasteiger partial charge in [0.1, 0.15) is 11.6 Å². The van der Waals surface area contributed by atoms with Crippen molar-refractivity contribution in [3.8, 4) is 11.3 Å². The molecule has 1 N–H and O–H groups in total. The van der Waals surface area contributed by atoms with Gasteiger partial charge in [-0.25, -0.2) is 9.97 Å². The van der Waals surface area contributed by atoms with Gasteiger partial charge in [-0.15, -0.1) is 0 Å². The molecule has 3 heterocycles. The number of halogens is 6. The van der Waals surface area contributed by atoms with Crippen molar-refractivity contribution in [2.24, 2.45) is 0 Å². The molecule has 6 nitrogen and oxygen atoms in total. The second-order valence-electron chi connectivity index (χ2n) is 9.53. The van der Waals surface area contributed by atoms with Gasteiger partial charge in [0.25, 0.3) is 0 Å². The van der Waals surface area contributed by atoms with E-state index in [1.54, 1.807) is 6.07 Å². The molecule has 210 valence electrons. The number of benzene rings is 2. The Morgan fingerprint density at radius 2 is 1.52 bits per heavy atom. The predicted molar refractivity (Wildman–Crippen MR) is 140 cm³/mol. The molecule has 0 radical (unpaired) electrons. The van der Waals surface area contributed by atoms with E-state index in [9.17, 15) is 26.3 Å².